The Morgan fingerprint density at radius 3 is 2.57 bits per heavy atom. The third kappa shape index (κ3) is 1.67. The van der Waals surface area contributed by atoms with Gasteiger partial charge in [-0.25, -0.2) is 4.99 Å². The van der Waals surface area contributed by atoms with Crippen molar-refractivity contribution in [3.8, 4) is 11.5 Å². The number of aryl methyl sites for hydroxylation is 1. The molecule has 0 aliphatic carbocycles. The minimum atomic E-state index is -0.672. The summed E-state index contributed by atoms with van der Waals surface area (Å²) in [5.41, 5.74) is 8.75. The van der Waals surface area contributed by atoms with Gasteiger partial charge in [-0.1, -0.05) is 29.2 Å². The van der Waals surface area contributed by atoms with Crippen molar-refractivity contribution in [2.45, 2.75) is 12.5 Å². The summed E-state index contributed by atoms with van der Waals surface area (Å²) in [6.07, 6.45) is 0. The molecule has 2 aliphatic rings. The summed E-state index contributed by atoms with van der Waals surface area (Å²) in [4.78, 5) is 4.58. The number of rotatable bonds is 0. The van der Waals surface area contributed by atoms with Gasteiger partial charge in [0.2, 0.25) is 0 Å². The van der Waals surface area contributed by atoms with Gasteiger partial charge < -0.3 is 15.2 Å². The Hall–Kier alpha value is -2.43. The molecule has 0 saturated carbocycles. The lowest BCUT2D eigenvalue weighted by Crippen LogP contribution is -2.32. The molecule has 5 heteroatoms. The molecule has 21 heavy (non-hydrogen) atoms. The molecule has 2 radical (unpaired) electrons. The molecule has 2 heterocycles. The molecule has 0 amide bonds. The number of benzene rings is 2. The molecule has 1 unspecified atom stereocenters. The fourth-order valence-electron chi connectivity index (χ4n) is 2.99. The van der Waals surface area contributed by atoms with E-state index in [-0.39, 0.29) is 6.02 Å². The summed E-state index contributed by atoms with van der Waals surface area (Å²) >= 11 is 0. The minimum Gasteiger partial charge on any atom is -0.462 e. The van der Waals surface area contributed by atoms with E-state index >= 15 is 0 Å². The first-order chi connectivity index (χ1) is 10.1. The number of ether oxygens (including phenoxy) is 2. The zero-order valence-electron chi connectivity index (χ0n) is 11.6. The number of hydrogen-bond donors (Lipinski definition) is 1. The van der Waals surface area contributed by atoms with Gasteiger partial charge in [-0.3, -0.25) is 0 Å². The van der Waals surface area contributed by atoms with Crippen LogP contribution in [0.25, 0.3) is 0 Å². The monoisotopic (exact) mass is 276 g/mol. The fraction of sp³-hybridized carbons (Fsp3) is 0.188. The maximum absolute atomic E-state index is 5.99. The van der Waals surface area contributed by atoms with Gasteiger partial charge in [-0.15, -0.1) is 0 Å². The lowest BCUT2D eigenvalue weighted by atomic mass is 9.78. The minimum absolute atomic E-state index is 0.192. The second kappa shape index (κ2) is 4.04. The van der Waals surface area contributed by atoms with E-state index in [1.54, 1.807) is 0 Å². The van der Waals surface area contributed by atoms with Crippen molar-refractivity contribution in [2.75, 3.05) is 6.61 Å². The van der Waals surface area contributed by atoms with E-state index in [9.17, 15) is 0 Å². The molecule has 2 aromatic rings. The summed E-state index contributed by atoms with van der Waals surface area (Å²) < 4.78 is 11.5. The first-order valence-corrected chi connectivity index (χ1v) is 6.76. The average molecular weight is 276 g/mol. The molecular weight excluding hydrogens is 263 g/mol. The van der Waals surface area contributed by atoms with Crippen molar-refractivity contribution in [1.29, 1.82) is 0 Å². The summed E-state index contributed by atoms with van der Waals surface area (Å²) in [6, 6.07) is 11.8. The van der Waals surface area contributed by atoms with Gasteiger partial charge in [-0.2, -0.15) is 0 Å². The molecule has 4 rings (SSSR count). The Morgan fingerprint density at radius 1 is 1.14 bits per heavy atom. The third-order valence-electron chi connectivity index (χ3n) is 3.98. The smallest absolute Gasteiger partial charge is 0.283 e. The Balaban J connectivity index is 2.05. The number of aliphatic imine (C=N–C) groups is 1. The first-order valence-electron chi connectivity index (χ1n) is 6.76. The van der Waals surface area contributed by atoms with Crippen molar-refractivity contribution in [3.05, 3.63) is 53.1 Å². The standard InChI is InChI=1S/C16H13BN2O2/c1-9-2-4-13-11(6-9)16(8-20-15(18)19-16)12-7-10(17)3-5-14(12)21-13/h2-7H,8H2,1H3,(H2,18,19). The predicted octanol–water partition coefficient (Wildman–Crippen LogP) is 1.48. The number of nitrogens with two attached hydrogens (primary N) is 1. The molecule has 0 saturated heterocycles. The van der Waals surface area contributed by atoms with E-state index in [0.717, 1.165) is 28.2 Å². The molecule has 0 aromatic heterocycles. The molecule has 0 fully saturated rings. The molecule has 0 bridgehead atoms. The van der Waals surface area contributed by atoms with Crippen molar-refractivity contribution in [1.82, 2.24) is 0 Å². The molecule has 2 aromatic carbocycles. The summed E-state index contributed by atoms with van der Waals surface area (Å²) in [6.45, 7) is 2.39. The number of nitrogens with zero attached hydrogens (tertiary/aromatic N) is 1. The van der Waals surface area contributed by atoms with E-state index in [1.807, 2.05) is 37.3 Å². The van der Waals surface area contributed by atoms with E-state index in [0.29, 0.717) is 12.1 Å². The van der Waals surface area contributed by atoms with Crippen molar-refractivity contribution >= 4 is 19.3 Å². The van der Waals surface area contributed by atoms with E-state index < -0.39 is 5.54 Å². The Morgan fingerprint density at radius 2 is 1.86 bits per heavy atom. The highest BCUT2D eigenvalue weighted by Gasteiger charge is 2.46. The highest BCUT2D eigenvalue weighted by Crippen LogP contribution is 2.50. The van der Waals surface area contributed by atoms with Crippen LogP contribution in [0, 0.1) is 6.92 Å². The van der Waals surface area contributed by atoms with Crippen LogP contribution >= 0.6 is 0 Å². The van der Waals surface area contributed by atoms with Crippen LogP contribution in [0.5, 0.6) is 11.5 Å². The van der Waals surface area contributed by atoms with Crippen LogP contribution in [0.2, 0.25) is 0 Å². The van der Waals surface area contributed by atoms with Crippen LogP contribution in [0.15, 0.2) is 41.4 Å². The number of amidine groups is 1. The van der Waals surface area contributed by atoms with Gasteiger partial charge >= 0.3 is 0 Å². The Labute approximate surface area is 124 Å². The lowest BCUT2D eigenvalue weighted by Gasteiger charge is -2.33. The number of fused-ring (bicyclic) bond motifs is 4. The summed E-state index contributed by atoms with van der Waals surface area (Å²) in [5.74, 6) is 1.52. The van der Waals surface area contributed by atoms with Crippen LogP contribution in [-0.4, -0.2) is 20.5 Å². The maximum atomic E-state index is 5.99. The van der Waals surface area contributed by atoms with Crippen LogP contribution < -0.4 is 15.9 Å². The molecule has 4 nitrogen and oxygen atoms in total. The largest absolute Gasteiger partial charge is 0.462 e. The van der Waals surface area contributed by atoms with Crippen LogP contribution in [-0.2, 0) is 10.3 Å². The SMILES string of the molecule is [B]c1ccc2c(c1)C1(COC(N)=N1)c1cc(C)ccc1O2. The third-order valence-corrected chi connectivity index (χ3v) is 3.98. The van der Waals surface area contributed by atoms with E-state index in [1.165, 1.54) is 0 Å². The lowest BCUT2D eigenvalue weighted by molar-refractivity contribution is 0.264. The van der Waals surface area contributed by atoms with Crippen LogP contribution in [0.4, 0.5) is 0 Å². The quantitative estimate of drug-likeness (QED) is 0.741. The number of hydrogen-bond acceptors (Lipinski definition) is 4. The molecule has 1 atom stereocenters. The van der Waals surface area contributed by atoms with Crippen molar-refractivity contribution in [2.24, 2.45) is 10.7 Å². The Bertz CT molecular complexity index is 734. The molecular formula is C16H13BN2O2. The predicted molar refractivity (Wildman–Crippen MR) is 81.4 cm³/mol. The van der Waals surface area contributed by atoms with Gasteiger partial charge in [0.25, 0.3) is 6.02 Å². The molecule has 102 valence electrons. The summed E-state index contributed by atoms with van der Waals surface area (Å²) in [5, 5.41) is 0. The zero-order chi connectivity index (χ0) is 14.6. The molecule has 2 aliphatic heterocycles. The van der Waals surface area contributed by atoms with Gasteiger partial charge in [-0.05, 0) is 25.1 Å². The average Bonchev–Trinajstić information content (AvgIpc) is 2.84. The molecule has 1 spiro atoms. The second-order valence-corrected chi connectivity index (χ2v) is 5.46. The van der Waals surface area contributed by atoms with Gasteiger partial charge in [0, 0.05) is 11.1 Å². The van der Waals surface area contributed by atoms with Crippen molar-refractivity contribution in [3.63, 3.8) is 0 Å². The molecule has 2 N–H and O–H groups in total. The highest BCUT2D eigenvalue weighted by atomic mass is 16.5. The van der Waals surface area contributed by atoms with E-state index in [2.05, 4.69) is 11.1 Å². The highest BCUT2D eigenvalue weighted by molar-refractivity contribution is 6.32. The van der Waals surface area contributed by atoms with Gasteiger partial charge in [0.05, 0.1) is 0 Å². The maximum Gasteiger partial charge on any atom is 0.283 e. The normalized spacial score (nSPS) is 22.0. The zero-order valence-corrected chi connectivity index (χ0v) is 11.6. The Kier molecular flexibility index (Phi) is 2.37. The summed E-state index contributed by atoms with van der Waals surface area (Å²) in [7, 11) is 5.94. The second-order valence-electron chi connectivity index (χ2n) is 5.46. The van der Waals surface area contributed by atoms with Gasteiger partial charge in [0.15, 0.2) is 5.54 Å². The first kappa shape index (κ1) is 12.3. The van der Waals surface area contributed by atoms with Crippen molar-refractivity contribution < 1.29 is 9.47 Å². The topological polar surface area (TPSA) is 56.8 Å². The van der Waals surface area contributed by atoms with Gasteiger partial charge in [0.1, 0.15) is 26.0 Å². The van der Waals surface area contributed by atoms with E-state index in [4.69, 9.17) is 23.1 Å². The fourth-order valence-corrected chi connectivity index (χ4v) is 2.99. The van der Waals surface area contributed by atoms with Crippen LogP contribution in [0.3, 0.4) is 0 Å². The van der Waals surface area contributed by atoms with Crippen LogP contribution in [0.1, 0.15) is 16.7 Å².